The zero-order valence-electron chi connectivity index (χ0n) is 14.1. The molecule has 1 aromatic carbocycles. The second-order valence-corrected chi connectivity index (χ2v) is 7.37. The lowest BCUT2D eigenvalue weighted by atomic mass is 9.86. The van der Waals surface area contributed by atoms with E-state index < -0.39 is 0 Å². The smallest absolute Gasteiger partial charge is 0.0495 e. The largest absolute Gasteiger partial charge is 0.381 e. The van der Waals surface area contributed by atoms with Crippen LogP contribution in [0.2, 0.25) is 0 Å². The Morgan fingerprint density at radius 1 is 1.24 bits per heavy atom. The highest BCUT2D eigenvalue weighted by atomic mass is 16.5. The molecular weight excluding hydrogens is 258 g/mol. The Kier molecular flexibility index (Phi) is 5.83. The SMILES string of the molecule is CCNC(Cc1ccc(C(C)(C)C)cc1)CC1CCOC1. The Morgan fingerprint density at radius 2 is 1.95 bits per heavy atom. The van der Waals surface area contributed by atoms with Crippen molar-refractivity contribution in [3.8, 4) is 0 Å². The van der Waals surface area contributed by atoms with Crippen LogP contribution in [0.5, 0.6) is 0 Å². The van der Waals surface area contributed by atoms with Crippen LogP contribution in [-0.2, 0) is 16.6 Å². The number of ether oxygens (including phenoxy) is 1. The number of rotatable bonds is 6. The van der Waals surface area contributed by atoms with E-state index in [2.05, 4.69) is 57.3 Å². The van der Waals surface area contributed by atoms with Gasteiger partial charge < -0.3 is 10.1 Å². The number of hydrogen-bond acceptors (Lipinski definition) is 2. The molecule has 0 aromatic heterocycles. The van der Waals surface area contributed by atoms with Crippen LogP contribution >= 0.6 is 0 Å². The van der Waals surface area contributed by atoms with Crippen molar-refractivity contribution in [2.24, 2.45) is 5.92 Å². The lowest BCUT2D eigenvalue weighted by Gasteiger charge is -2.22. The molecule has 118 valence electrons. The molecule has 2 heteroatoms. The van der Waals surface area contributed by atoms with Gasteiger partial charge in [-0.3, -0.25) is 0 Å². The molecule has 0 aliphatic carbocycles. The van der Waals surface area contributed by atoms with Gasteiger partial charge in [0.1, 0.15) is 0 Å². The molecule has 2 nitrogen and oxygen atoms in total. The van der Waals surface area contributed by atoms with E-state index in [0.29, 0.717) is 6.04 Å². The van der Waals surface area contributed by atoms with E-state index in [1.54, 1.807) is 0 Å². The van der Waals surface area contributed by atoms with Crippen LogP contribution in [0.25, 0.3) is 0 Å². The summed E-state index contributed by atoms with van der Waals surface area (Å²) in [5, 5.41) is 3.65. The highest BCUT2D eigenvalue weighted by Gasteiger charge is 2.21. The van der Waals surface area contributed by atoms with Crippen LogP contribution in [-0.4, -0.2) is 25.8 Å². The first-order valence-electron chi connectivity index (χ1n) is 8.39. The monoisotopic (exact) mass is 289 g/mol. The summed E-state index contributed by atoms with van der Waals surface area (Å²) >= 11 is 0. The van der Waals surface area contributed by atoms with Gasteiger partial charge in [-0.2, -0.15) is 0 Å². The molecule has 1 aliphatic heterocycles. The highest BCUT2D eigenvalue weighted by Crippen LogP contribution is 2.24. The summed E-state index contributed by atoms with van der Waals surface area (Å²) in [6.45, 7) is 11.9. The molecular formula is C19H31NO. The van der Waals surface area contributed by atoms with Gasteiger partial charge in [0.05, 0.1) is 0 Å². The normalized spacial score (nSPS) is 20.7. The molecule has 1 heterocycles. The van der Waals surface area contributed by atoms with Crippen LogP contribution in [0.15, 0.2) is 24.3 Å². The standard InChI is InChI=1S/C19H31NO/c1-5-20-18(13-16-10-11-21-14-16)12-15-6-8-17(9-7-15)19(2,3)4/h6-9,16,18,20H,5,10-14H2,1-4H3. The summed E-state index contributed by atoms with van der Waals surface area (Å²) in [4.78, 5) is 0. The molecule has 1 saturated heterocycles. The average molecular weight is 289 g/mol. The fourth-order valence-electron chi connectivity index (χ4n) is 3.12. The van der Waals surface area contributed by atoms with Gasteiger partial charge in [-0.05, 0) is 48.3 Å². The summed E-state index contributed by atoms with van der Waals surface area (Å²) in [5.74, 6) is 0.739. The predicted octanol–water partition coefficient (Wildman–Crippen LogP) is 3.93. The minimum absolute atomic E-state index is 0.237. The predicted molar refractivity (Wildman–Crippen MR) is 89.9 cm³/mol. The van der Waals surface area contributed by atoms with Crippen molar-refractivity contribution in [1.82, 2.24) is 5.32 Å². The first kappa shape index (κ1) is 16.5. The van der Waals surface area contributed by atoms with Gasteiger partial charge in [-0.15, -0.1) is 0 Å². The third kappa shape index (κ3) is 5.12. The summed E-state index contributed by atoms with van der Waals surface area (Å²) < 4.78 is 5.51. The molecule has 1 aromatic rings. The van der Waals surface area contributed by atoms with Crippen molar-refractivity contribution in [2.45, 2.75) is 58.4 Å². The second kappa shape index (κ2) is 7.42. The van der Waals surface area contributed by atoms with E-state index in [4.69, 9.17) is 4.74 Å². The zero-order chi connectivity index (χ0) is 15.3. The van der Waals surface area contributed by atoms with Crippen molar-refractivity contribution in [2.75, 3.05) is 19.8 Å². The van der Waals surface area contributed by atoms with Crippen molar-refractivity contribution in [1.29, 1.82) is 0 Å². The molecule has 2 unspecified atom stereocenters. The Morgan fingerprint density at radius 3 is 2.48 bits per heavy atom. The van der Waals surface area contributed by atoms with E-state index >= 15 is 0 Å². The molecule has 2 rings (SSSR count). The van der Waals surface area contributed by atoms with E-state index in [1.807, 2.05) is 0 Å². The van der Waals surface area contributed by atoms with Gasteiger partial charge in [-0.1, -0.05) is 52.0 Å². The average Bonchev–Trinajstić information content (AvgIpc) is 2.91. The Balaban J connectivity index is 1.95. The van der Waals surface area contributed by atoms with Crippen molar-refractivity contribution in [3.05, 3.63) is 35.4 Å². The van der Waals surface area contributed by atoms with Crippen molar-refractivity contribution in [3.63, 3.8) is 0 Å². The molecule has 1 N–H and O–H groups in total. The van der Waals surface area contributed by atoms with Crippen LogP contribution in [0.4, 0.5) is 0 Å². The first-order chi connectivity index (χ1) is 9.99. The van der Waals surface area contributed by atoms with Crippen molar-refractivity contribution >= 4 is 0 Å². The third-order valence-electron chi connectivity index (χ3n) is 4.44. The third-order valence-corrected chi connectivity index (χ3v) is 4.44. The van der Waals surface area contributed by atoms with Crippen molar-refractivity contribution < 1.29 is 4.74 Å². The Labute approximate surface area is 130 Å². The molecule has 0 bridgehead atoms. The maximum absolute atomic E-state index is 5.51. The lowest BCUT2D eigenvalue weighted by Crippen LogP contribution is -2.33. The molecule has 2 atom stereocenters. The molecule has 0 radical (unpaired) electrons. The minimum atomic E-state index is 0.237. The fraction of sp³-hybridized carbons (Fsp3) is 0.684. The fourth-order valence-corrected chi connectivity index (χ4v) is 3.12. The van der Waals surface area contributed by atoms with Gasteiger partial charge in [0, 0.05) is 19.3 Å². The highest BCUT2D eigenvalue weighted by molar-refractivity contribution is 5.28. The molecule has 1 aliphatic rings. The summed E-state index contributed by atoms with van der Waals surface area (Å²) in [6, 6.07) is 9.75. The quantitative estimate of drug-likeness (QED) is 0.856. The summed E-state index contributed by atoms with van der Waals surface area (Å²) in [7, 11) is 0. The number of nitrogens with one attached hydrogen (secondary N) is 1. The molecule has 21 heavy (non-hydrogen) atoms. The van der Waals surface area contributed by atoms with Gasteiger partial charge in [0.2, 0.25) is 0 Å². The van der Waals surface area contributed by atoms with Crippen LogP contribution in [0, 0.1) is 5.92 Å². The summed E-state index contributed by atoms with van der Waals surface area (Å²) in [5.41, 5.74) is 3.09. The first-order valence-corrected chi connectivity index (χ1v) is 8.39. The van der Waals surface area contributed by atoms with Gasteiger partial charge >= 0.3 is 0 Å². The maximum atomic E-state index is 5.51. The van der Waals surface area contributed by atoms with E-state index in [9.17, 15) is 0 Å². The van der Waals surface area contributed by atoms with E-state index in [0.717, 1.165) is 32.1 Å². The van der Waals surface area contributed by atoms with E-state index in [-0.39, 0.29) is 5.41 Å². The lowest BCUT2D eigenvalue weighted by molar-refractivity contribution is 0.181. The van der Waals surface area contributed by atoms with E-state index in [1.165, 1.54) is 24.0 Å². The maximum Gasteiger partial charge on any atom is 0.0495 e. The second-order valence-electron chi connectivity index (χ2n) is 7.37. The van der Waals surface area contributed by atoms with Gasteiger partial charge in [0.25, 0.3) is 0 Å². The minimum Gasteiger partial charge on any atom is -0.381 e. The Bertz CT molecular complexity index is 412. The summed E-state index contributed by atoms with van der Waals surface area (Å²) in [6.07, 6.45) is 3.58. The molecule has 0 amide bonds. The van der Waals surface area contributed by atoms with Crippen LogP contribution in [0.1, 0.15) is 51.7 Å². The zero-order valence-corrected chi connectivity index (χ0v) is 14.1. The van der Waals surface area contributed by atoms with Crippen LogP contribution < -0.4 is 5.32 Å². The van der Waals surface area contributed by atoms with Gasteiger partial charge in [-0.25, -0.2) is 0 Å². The van der Waals surface area contributed by atoms with Crippen LogP contribution in [0.3, 0.4) is 0 Å². The van der Waals surface area contributed by atoms with Gasteiger partial charge in [0.15, 0.2) is 0 Å². The number of likely N-dealkylation sites (N-methyl/N-ethyl adjacent to an activating group) is 1. The molecule has 1 fully saturated rings. The number of hydrogen-bond donors (Lipinski definition) is 1. The molecule has 0 saturated carbocycles. The number of benzene rings is 1. The Hall–Kier alpha value is -0.860. The topological polar surface area (TPSA) is 21.3 Å². The molecule has 0 spiro atoms.